The number of aromatic nitrogens is 1. The number of pyridine rings is 1. The van der Waals surface area contributed by atoms with Gasteiger partial charge in [-0.05, 0) is 28.0 Å². The van der Waals surface area contributed by atoms with Crippen molar-refractivity contribution >= 4 is 15.9 Å². The second-order valence-corrected chi connectivity index (χ2v) is 1.94. The minimum Gasteiger partial charge on any atom is -0.264 e. The molecule has 0 radical (unpaired) electrons. The average Bonchev–Trinajstić information content (AvgIpc) is 1.77. The molecular weight excluding hydrogens is 154 g/mol. The standard InChI is InChI=1S/C5H4BrN/c6-5-2-1-3-7-4-5/h1-4H/i2D. The number of hydrogen-bond donors (Lipinski definition) is 0. The van der Waals surface area contributed by atoms with Crippen LogP contribution in [0.2, 0.25) is 0 Å². The second-order valence-electron chi connectivity index (χ2n) is 1.09. The van der Waals surface area contributed by atoms with Gasteiger partial charge in [-0.1, -0.05) is 0 Å². The molecule has 0 saturated heterocycles. The SMILES string of the molecule is [2H]c1ccncc1Br. The zero-order valence-electron chi connectivity index (χ0n) is 4.56. The zero-order chi connectivity index (χ0) is 5.98. The smallest absolute Gasteiger partial charge is 0.0636 e. The van der Waals surface area contributed by atoms with Gasteiger partial charge < -0.3 is 0 Å². The summed E-state index contributed by atoms with van der Waals surface area (Å²) in [4.78, 5) is 3.78. The number of hydrogen-bond acceptors (Lipinski definition) is 1. The molecular formula is C5H4BrN. The number of nitrogens with zero attached hydrogens (tertiary/aromatic N) is 1. The number of rotatable bonds is 0. The highest BCUT2D eigenvalue weighted by molar-refractivity contribution is 9.10. The molecule has 0 amide bonds. The predicted octanol–water partition coefficient (Wildman–Crippen LogP) is 1.84. The highest BCUT2D eigenvalue weighted by Crippen LogP contribution is 2.02. The largest absolute Gasteiger partial charge is 0.264 e. The molecule has 1 nitrogen and oxygen atoms in total. The molecule has 2 heteroatoms. The summed E-state index contributed by atoms with van der Waals surface area (Å²) < 4.78 is 7.87. The van der Waals surface area contributed by atoms with Crippen molar-refractivity contribution in [1.82, 2.24) is 4.98 Å². The fourth-order valence-corrected chi connectivity index (χ4v) is 0.556. The van der Waals surface area contributed by atoms with Crippen molar-refractivity contribution in [2.24, 2.45) is 0 Å². The van der Waals surface area contributed by atoms with Crippen molar-refractivity contribution in [3.63, 3.8) is 0 Å². The van der Waals surface area contributed by atoms with Crippen molar-refractivity contribution in [1.29, 1.82) is 0 Å². The Morgan fingerprint density at radius 2 is 2.71 bits per heavy atom. The Morgan fingerprint density at radius 3 is 3.14 bits per heavy atom. The molecule has 0 unspecified atom stereocenters. The van der Waals surface area contributed by atoms with Crippen LogP contribution in [0.1, 0.15) is 1.37 Å². The Hall–Kier alpha value is -0.370. The Kier molecular flexibility index (Phi) is 1.07. The molecule has 36 valence electrons. The lowest BCUT2D eigenvalue weighted by atomic mass is 10.5. The van der Waals surface area contributed by atoms with Crippen LogP contribution in [0, 0.1) is 0 Å². The van der Waals surface area contributed by atoms with Crippen LogP contribution >= 0.6 is 15.9 Å². The third-order valence-corrected chi connectivity index (χ3v) is 1.00. The van der Waals surface area contributed by atoms with E-state index < -0.39 is 0 Å². The van der Waals surface area contributed by atoms with E-state index in [2.05, 4.69) is 20.9 Å². The molecule has 0 aromatic carbocycles. The van der Waals surface area contributed by atoms with Gasteiger partial charge in [-0.3, -0.25) is 4.98 Å². The van der Waals surface area contributed by atoms with Crippen molar-refractivity contribution in [2.75, 3.05) is 0 Å². The minimum absolute atomic E-state index is 0.472. The van der Waals surface area contributed by atoms with Gasteiger partial charge in [0.2, 0.25) is 0 Å². The molecule has 1 aromatic rings. The minimum atomic E-state index is 0.472. The normalized spacial score (nSPS) is 10.7. The van der Waals surface area contributed by atoms with E-state index in [1.54, 1.807) is 18.5 Å². The first-order chi connectivity index (χ1) is 3.80. The van der Waals surface area contributed by atoms with Crippen LogP contribution in [-0.4, -0.2) is 4.98 Å². The maximum absolute atomic E-state index is 7.13. The lowest BCUT2D eigenvalue weighted by Crippen LogP contribution is -1.64. The van der Waals surface area contributed by atoms with Gasteiger partial charge >= 0.3 is 0 Å². The lowest BCUT2D eigenvalue weighted by molar-refractivity contribution is 1.31. The molecule has 0 bridgehead atoms. The van der Waals surface area contributed by atoms with Crippen LogP contribution < -0.4 is 0 Å². The second kappa shape index (κ2) is 2.07. The van der Waals surface area contributed by atoms with Crippen LogP contribution in [-0.2, 0) is 0 Å². The Labute approximate surface area is 51.9 Å². The first-order valence-corrected chi connectivity index (χ1v) is 2.66. The van der Waals surface area contributed by atoms with Crippen molar-refractivity contribution in [2.45, 2.75) is 0 Å². The summed E-state index contributed by atoms with van der Waals surface area (Å²) in [5, 5.41) is 0. The number of halogens is 1. The van der Waals surface area contributed by atoms with Gasteiger partial charge in [-0.25, -0.2) is 0 Å². The topological polar surface area (TPSA) is 12.9 Å². The van der Waals surface area contributed by atoms with Crippen LogP contribution in [0.25, 0.3) is 0 Å². The maximum Gasteiger partial charge on any atom is 0.0636 e. The molecule has 0 fully saturated rings. The molecule has 0 aliphatic heterocycles. The summed E-state index contributed by atoms with van der Waals surface area (Å²) in [6, 6.07) is 2.10. The lowest BCUT2D eigenvalue weighted by Gasteiger charge is -1.80. The van der Waals surface area contributed by atoms with Gasteiger partial charge in [0.1, 0.15) is 0 Å². The van der Waals surface area contributed by atoms with E-state index in [-0.39, 0.29) is 0 Å². The summed E-state index contributed by atoms with van der Waals surface area (Å²) in [6.45, 7) is 0. The highest BCUT2D eigenvalue weighted by atomic mass is 79.9. The van der Waals surface area contributed by atoms with E-state index in [4.69, 9.17) is 1.37 Å². The molecule has 1 aromatic heterocycles. The molecule has 0 atom stereocenters. The summed E-state index contributed by atoms with van der Waals surface area (Å²) in [5.41, 5.74) is 0. The Bertz CT molecular complexity index is 169. The van der Waals surface area contributed by atoms with Crippen molar-refractivity contribution < 1.29 is 1.37 Å². The van der Waals surface area contributed by atoms with E-state index in [1.165, 1.54) is 0 Å². The molecule has 1 rings (SSSR count). The summed E-state index contributed by atoms with van der Waals surface area (Å²) >= 11 is 3.15. The molecule has 0 aliphatic rings. The fraction of sp³-hybridized carbons (Fsp3) is 0. The van der Waals surface area contributed by atoms with E-state index >= 15 is 0 Å². The summed E-state index contributed by atoms with van der Waals surface area (Å²) in [6.07, 6.45) is 3.19. The van der Waals surface area contributed by atoms with E-state index in [0.29, 0.717) is 6.04 Å². The third-order valence-electron chi connectivity index (χ3n) is 0.570. The van der Waals surface area contributed by atoms with Crippen LogP contribution in [0.3, 0.4) is 0 Å². The van der Waals surface area contributed by atoms with Gasteiger partial charge in [0.05, 0.1) is 1.37 Å². The van der Waals surface area contributed by atoms with Gasteiger partial charge in [0.15, 0.2) is 0 Å². The maximum atomic E-state index is 7.13. The highest BCUT2D eigenvalue weighted by Gasteiger charge is 1.75. The van der Waals surface area contributed by atoms with Crippen LogP contribution in [0.15, 0.2) is 29.0 Å². The van der Waals surface area contributed by atoms with Gasteiger partial charge in [0, 0.05) is 16.9 Å². The summed E-state index contributed by atoms with van der Waals surface area (Å²) in [7, 11) is 0. The molecule has 0 N–H and O–H groups in total. The van der Waals surface area contributed by atoms with E-state index in [0.717, 1.165) is 4.47 Å². The first-order valence-electron chi connectivity index (χ1n) is 2.37. The monoisotopic (exact) mass is 158 g/mol. The van der Waals surface area contributed by atoms with Gasteiger partial charge in [0.25, 0.3) is 0 Å². The third kappa shape index (κ3) is 1.27. The molecule has 0 aliphatic carbocycles. The molecule has 0 spiro atoms. The van der Waals surface area contributed by atoms with Crippen LogP contribution in [0.4, 0.5) is 0 Å². The molecule has 1 heterocycles. The van der Waals surface area contributed by atoms with E-state index in [1.807, 2.05) is 0 Å². The summed E-state index contributed by atoms with van der Waals surface area (Å²) in [5.74, 6) is 0. The van der Waals surface area contributed by atoms with Crippen molar-refractivity contribution in [3.8, 4) is 0 Å². The quantitative estimate of drug-likeness (QED) is 0.562. The van der Waals surface area contributed by atoms with E-state index in [9.17, 15) is 0 Å². The first kappa shape index (κ1) is 3.61. The Balaban J connectivity index is 3.13. The van der Waals surface area contributed by atoms with Crippen molar-refractivity contribution in [3.05, 3.63) is 29.0 Å². The molecule has 0 saturated carbocycles. The average molecular weight is 159 g/mol. The van der Waals surface area contributed by atoms with Gasteiger partial charge in [-0.15, -0.1) is 0 Å². The Morgan fingerprint density at radius 1 is 1.86 bits per heavy atom. The van der Waals surface area contributed by atoms with Crippen LogP contribution in [0.5, 0.6) is 0 Å². The molecule has 7 heavy (non-hydrogen) atoms. The predicted molar refractivity (Wildman–Crippen MR) is 31.9 cm³/mol. The zero-order valence-corrected chi connectivity index (χ0v) is 5.14. The fourth-order valence-electron chi connectivity index (χ4n) is 0.306. The van der Waals surface area contributed by atoms with Gasteiger partial charge in [-0.2, -0.15) is 0 Å².